The second-order valence-corrected chi connectivity index (χ2v) is 22.3. The van der Waals surface area contributed by atoms with Crippen LogP contribution in [0.4, 0.5) is 58.8 Å². The fraction of sp³-hybridized carbons (Fsp3) is 0.397. The third-order valence-corrected chi connectivity index (χ3v) is 16.0. The Balaban J connectivity index is 0.000000194. The molecule has 4 aliphatic heterocycles. The first kappa shape index (κ1) is 61.4. The third kappa shape index (κ3) is 15.3. The van der Waals surface area contributed by atoms with Crippen molar-refractivity contribution in [2.24, 2.45) is 5.92 Å². The molecule has 4 aromatic heterocycles. The molecule has 8 heterocycles. The highest BCUT2D eigenvalue weighted by Gasteiger charge is 2.44. The van der Waals surface area contributed by atoms with Crippen LogP contribution in [-0.4, -0.2) is 132 Å². The van der Waals surface area contributed by atoms with Gasteiger partial charge in [0.15, 0.2) is 11.4 Å². The largest absolute Gasteiger partial charge is 0.437 e. The number of alkyl halides is 6. The molecule has 458 valence electrons. The van der Waals surface area contributed by atoms with Gasteiger partial charge < -0.3 is 38.2 Å². The molecule has 0 aliphatic carbocycles. The number of Topliss-reactive ketones (excluding diaryl/α,β-unsaturated/α-hetero) is 2. The van der Waals surface area contributed by atoms with Crippen LogP contribution in [0, 0.1) is 17.6 Å². The number of piperazine rings is 2. The van der Waals surface area contributed by atoms with E-state index in [0.29, 0.717) is 112 Å². The number of carbonyl (C=O) groups is 4. The Morgan fingerprint density at radius 2 is 0.920 bits per heavy atom. The molecule has 0 N–H and O–H groups in total. The molecule has 4 saturated heterocycles. The summed E-state index contributed by atoms with van der Waals surface area (Å²) in [6, 6.07) is 28.5. The first-order chi connectivity index (χ1) is 41.7. The van der Waals surface area contributed by atoms with Crippen molar-refractivity contribution in [1.82, 2.24) is 29.7 Å². The maximum atomic E-state index is 14.0. The number of piperidine rings is 2. The van der Waals surface area contributed by atoms with Crippen molar-refractivity contribution in [2.45, 2.75) is 76.6 Å². The van der Waals surface area contributed by atoms with Crippen molar-refractivity contribution in [3.8, 4) is 0 Å². The van der Waals surface area contributed by atoms with E-state index in [-0.39, 0.29) is 61.4 Å². The number of ketones is 2. The Labute approximate surface area is 496 Å². The molecule has 4 fully saturated rings. The lowest BCUT2D eigenvalue weighted by atomic mass is 9.91. The van der Waals surface area contributed by atoms with Crippen LogP contribution in [0.15, 0.2) is 124 Å². The molecule has 2 atom stereocenters. The number of oxazole rings is 2. The predicted octanol–water partition coefficient (Wildman–Crippen LogP) is 10.7. The molecule has 0 saturated carbocycles. The molecule has 11 rings (SSSR count). The Morgan fingerprint density at radius 3 is 1.33 bits per heavy atom. The van der Waals surface area contributed by atoms with Crippen molar-refractivity contribution in [3.63, 3.8) is 0 Å². The molecule has 2 amide bonds. The number of hydrogen-bond acceptors (Lipinski definition) is 14. The van der Waals surface area contributed by atoms with Gasteiger partial charge in [0.25, 0.3) is 12.0 Å². The molecule has 24 heteroatoms. The van der Waals surface area contributed by atoms with Gasteiger partial charge in [0.1, 0.15) is 23.3 Å². The van der Waals surface area contributed by atoms with Crippen LogP contribution in [0.2, 0.25) is 0 Å². The highest BCUT2D eigenvalue weighted by atomic mass is 19.4. The Bertz CT molecular complexity index is 3510. The van der Waals surface area contributed by atoms with Crippen LogP contribution in [0.25, 0.3) is 0 Å². The molecule has 87 heavy (non-hydrogen) atoms. The Kier molecular flexibility index (Phi) is 19.0. The van der Waals surface area contributed by atoms with Crippen molar-refractivity contribution in [1.29, 1.82) is 0 Å². The second kappa shape index (κ2) is 26.9. The van der Waals surface area contributed by atoms with Crippen molar-refractivity contribution >= 4 is 47.0 Å². The summed E-state index contributed by atoms with van der Waals surface area (Å²) in [4.78, 5) is 78.3. The highest BCUT2D eigenvalue weighted by Crippen LogP contribution is 2.38. The number of nitrogens with zero attached hydrogens (tertiary/aromatic N) is 10. The van der Waals surface area contributed by atoms with Gasteiger partial charge in [0, 0.05) is 110 Å². The first-order valence-corrected chi connectivity index (χ1v) is 28.9. The average Bonchev–Trinajstić information content (AvgIpc) is 1.95. The van der Waals surface area contributed by atoms with E-state index in [4.69, 9.17) is 8.83 Å². The average molecular weight is 1210 g/mol. The maximum absolute atomic E-state index is 14.0. The van der Waals surface area contributed by atoms with Crippen LogP contribution in [0.5, 0.6) is 0 Å². The molecule has 4 aliphatic rings. The predicted molar refractivity (Wildman–Crippen MR) is 307 cm³/mol. The fourth-order valence-corrected chi connectivity index (χ4v) is 11.3. The molecular weight excluding hydrogens is 1140 g/mol. The fourth-order valence-electron chi connectivity index (χ4n) is 11.3. The van der Waals surface area contributed by atoms with Crippen molar-refractivity contribution in [3.05, 3.63) is 178 Å². The molecule has 2 unspecified atom stereocenters. The van der Waals surface area contributed by atoms with E-state index in [1.807, 2.05) is 47.1 Å². The van der Waals surface area contributed by atoms with Gasteiger partial charge in [-0.05, 0) is 83.7 Å². The summed E-state index contributed by atoms with van der Waals surface area (Å²) < 4.78 is 122. The van der Waals surface area contributed by atoms with Crippen molar-refractivity contribution in [2.75, 3.05) is 98.1 Å². The summed E-state index contributed by atoms with van der Waals surface area (Å²) in [5, 5.41) is 0. The summed E-state index contributed by atoms with van der Waals surface area (Å²) in [6.45, 7) is 7.77. The van der Waals surface area contributed by atoms with E-state index in [9.17, 15) is 54.3 Å². The van der Waals surface area contributed by atoms with Gasteiger partial charge in [-0.3, -0.25) is 19.2 Å². The smallest absolute Gasteiger partial charge is 0.420 e. The topological polar surface area (TPSA) is 166 Å². The maximum Gasteiger partial charge on any atom is 0.437 e. The molecule has 0 spiro atoms. The third-order valence-electron chi connectivity index (χ3n) is 16.0. The van der Waals surface area contributed by atoms with E-state index >= 15 is 0 Å². The zero-order valence-electron chi connectivity index (χ0n) is 47.7. The number of aromatic nitrogens is 4. The summed E-state index contributed by atoms with van der Waals surface area (Å²) in [5.74, 6) is -2.72. The Hall–Kier alpha value is -8.70. The lowest BCUT2D eigenvalue weighted by Gasteiger charge is -2.35. The van der Waals surface area contributed by atoms with Gasteiger partial charge in [-0.25, -0.2) is 18.7 Å². The zero-order valence-corrected chi connectivity index (χ0v) is 47.7. The minimum atomic E-state index is -4.86. The van der Waals surface area contributed by atoms with E-state index in [1.165, 1.54) is 24.5 Å². The summed E-state index contributed by atoms with van der Waals surface area (Å²) in [7, 11) is 0. The minimum absolute atomic E-state index is 0.00641. The van der Waals surface area contributed by atoms with Gasteiger partial charge in [-0.15, -0.1) is 0 Å². The van der Waals surface area contributed by atoms with Gasteiger partial charge >= 0.3 is 12.4 Å². The molecular formula is C63H64F8N10O6. The molecule has 3 aromatic carbocycles. The second-order valence-electron chi connectivity index (χ2n) is 22.3. The number of halogens is 8. The quantitative estimate of drug-likeness (QED) is 0.0703. The number of anilines is 4. The minimum Gasteiger partial charge on any atom is -0.420 e. The zero-order chi connectivity index (χ0) is 61.4. The lowest BCUT2D eigenvalue weighted by molar-refractivity contribution is -0.142. The van der Waals surface area contributed by atoms with Gasteiger partial charge in [-0.2, -0.15) is 36.3 Å². The Morgan fingerprint density at radius 1 is 0.494 bits per heavy atom. The van der Waals surface area contributed by atoms with Crippen LogP contribution in [0.3, 0.4) is 0 Å². The number of hydrogen-bond donors (Lipinski definition) is 0. The van der Waals surface area contributed by atoms with Gasteiger partial charge in [0.05, 0.1) is 12.8 Å². The monoisotopic (exact) mass is 1210 g/mol. The normalized spacial score (nSPS) is 17.7. The number of benzene rings is 3. The lowest BCUT2D eigenvalue weighted by Crippen LogP contribution is -2.49. The van der Waals surface area contributed by atoms with Crippen LogP contribution in [0.1, 0.15) is 98.8 Å². The molecule has 0 bridgehead atoms. The van der Waals surface area contributed by atoms with E-state index in [1.54, 1.807) is 80.3 Å². The first-order valence-electron chi connectivity index (χ1n) is 28.9. The highest BCUT2D eigenvalue weighted by molar-refractivity contribution is 5.97. The number of rotatable bonds is 15. The van der Waals surface area contributed by atoms with Crippen LogP contribution >= 0.6 is 0 Å². The van der Waals surface area contributed by atoms with E-state index in [0.717, 1.165) is 31.2 Å². The standard InChI is InChI=1S/C34H33F4N5O3.C29H31F4N5O3/c35-27-11-5-4-9-25(27)20-30(45)42-17-15-41(16-18-42)29-13-12-23(21-39-29)19-28(44)31-32(34(36,37)38)40-33(46-31)43-14-6-10-26(22-43)24-7-2-1-3-8-24;1-19-5-4-10-38(18-19)28-35-27(29(31,32)33)26(41-28)23(39)15-20-8-9-24(34-17-20)36-11-13-37(14-12-36)25(40)16-21-6-2-3-7-22(21)30/h1-5,7-9,11-13,21,26H,6,10,14-20,22H2;2-3,6-9,17,19H,4-5,10-16,18H2,1H3. The summed E-state index contributed by atoms with van der Waals surface area (Å²) in [6.07, 6.45) is -4.01. The van der Waals surface area contributed by atoms with Crippen LogP contribution in [-0.2, 0) is 47.6 Å². The van der Waals surface area contributed by atoms with Gasteiger partial charge in [-0.1, -0.05) is 85.8 Å². The molecule has 16 nitrogen and oxygen atoms in total. The summed E-state index contributed by atoms with van der Waals surface area (Å²) >= 11 is 0. The number of carbonyl (C=O) groups excluding carboxylic acids is 4. The number of pyridine rings is 2. The summed E-state index contributed by atoms with van der Waals surface area (Å²) in [5.41, 5.74) is 0.0579. The van der Waals surface area contributed by atoms with E-state index in [2.05, 4.69) is 19.9 Å². The molecule has 0 radical (unpaired) electrons. The SMILES string of the molecule is CC1CCCN(c2nc(C(F)(F)F)c(C(=O)Cc3ccc(N4CCN(C(=O)Cc5ccccc5F)CC4)nc3)o2)C1.O=C(Cc1ccc(N2CCN(C(=O)Cc3ccccc3F)CC2)nc1)c1oc(N2CCCC(c3ccccc3)C2)nc1C(F)(F)F. The number of amides is 2. The van der Waals surface area contributed by atoms with Crippen molar-refractivity contribution < 1.29 is 63.1 Å². The van der Waals surface area contributed by atoms with Gasteiger partial charge in [0.2, 0.25) is 34.9 Å². The van der Waals surface area contributed by atoms with E-state index < -0.39 is 58.5 Å². The molecule has 7 aromatic rings. The van der Waals surface area contributed by atoms with Crippen LogP contribution < -0.4 is 19.6 Å².